The van der Waals surface area contributed by atoms with Crippen LogP contribution in [0.2, 0.25) is 0 Å². The molecule has 0 aromatic carbocycles. The van der Waals surface area contributed by atoms with Crippen molar-refractivity contribution in [2.45, 2.75) is 32.9 Å². The van der Waals surface area contributed by atoms with Crippen molar-refractivity contribution in [2.75, 3.05) is 13.1 Å². The third kappa shape index (κ3) is 4.40. The first-order valence-electron chi connectivity index (χ1n) is 5.64. The van der Waals surface area contributed by atoms with Gasteiger partial charge in [-0.2, -0.15) is 0 Å². The Labute approximate surface area is 92.3 Å². The lowest BCUT2D eigenvalue weighted by Gasteiger charge is -2.23. The fourth-order valence-electron chi connectivity index (χ4n) is 1.49. The van der Waals surface area contributed by atoms with Crippen molar-refractivity contribution in [1.82, 2.24) is 9.88 Å². The standard InChI is InChI=1S/C12H21N3/c1-3-11(13)9-15(4-2)10-12-7-5-6-8-14-12/h5-8,11H,3-4,9-10,13H2,1-2H3. The van der Waals surface area contributed by atoms with Gasteiger partial charge in [0.05, 0.1) is 5.69 Å². The van der Waals surface area contributed by atoms with Crippen LogP contribution in [0.3, 0.4) is 0 Å². The minimum atomic E-state index is 0.272. The highest BCUT2D eigenvalue weighted by atomic mass is 15.1. The second-order valence-corrected chi connectivity index (χ2v) is 3.82. The summed E-state index contributed by atoms with van der Waals surface area (Å²) in [5, 5.41) is 0. The van der Waals surface area contributed by atoms with Crippen LogP contribution in [-0.4, -0.2) is 29.0 Å². The van der Waals surface area contributed by atoms with Crippen molar-refractivity contribution in [1.29, 1.82) is 0 Å². The highest BCUT2D eigenvalue weighted by Crippen LogP contribution is 2.02. The predicted octanol–water partition coefficient (Wildman–Crippen LogP) is 1.64. The Morgan fingerprint density at radius 3 is 2.73 bits per heavy atom. The van der Waals surface area contributed by atoms with Gasteiger partial charge in [-0.1, -0.05) is 19.9 Å². The summed E-state index contributed by atoms with van der Waals surface area (Å²) in [6, 6.07) is 6.29. The van der Waals surface area contributed by atoms with Gasteiger partial charge in [0.2, 0.25) is 0 Å². The van der Waals surface area contributed by atoms with E-state index in [0.29, 0.717) is 0 Å². The molecule has 0 saturated carbocycles. The second kappa shape index (κ2) is 6.53. The molecule has 0 saturated heterocycles. The van der Waals surface area contributed by atoms with Crippen LogP contribution in [0.4, 0.5) is 0 Å². The number of aromatic nitrogens is 1. The smallest absolute Gasteiger partial charge is 0.0543 e. The summed E-state index contributed by atoms with van der Waals surface area (Å²) in [6.07, 6.45) is 2.86. The predicted molar refractivity (Wildman–Crippen MR) is 63.5 cm³/mol. The summed E-state index contributed by atoms with van der Waals surface area (Å²) >= 11 is 0. The minimum Gasteiger partial charge on any atom is -0.327 e. The van der Waals surface area contributed by atoms with Crippen LogP contribution in [0, 0.1) is 0 Å². The molecule has 1 rings (SSSR count). The average molecular weight is 207 g/mol. The molecule has 0 aliphatic carbocycles. The topological polar surface area (TPSA) is 42.1 Å². The molecule has 0 radical (unpaired) electrons. The van der Waals surface area contributed by atoms with Gasteiger partial charge >= 0.3 is 0 Å². The first-order valence-corrected chi connectivity index (χ1v) is 5.64. The number of nitrogens with zero attached hydrogens (tertiary/aromatic N) is 2. The summed E-state index contributed by atoms with van der Waals surface area (Å²) in [6.45, 7) is 7.14. The molecule has 1 atom stereocenters. The third-order valence-electron chi connectivity index (χ3n) is 2.58. The van der Waals surface area contributed by atoms with Crippen molar-refractivity contribution >= 4 is 0 Å². The lowest BCUT2D eigenvalue weighted by atomic mass is 10.2. The lowest BCUT2D eigenvalue weighted by molar-refractivity contribution is 0.256. The Morgan fingerprint density at radius 1 is 1.40 bits per heavy atom. The molecule has 2 N–H and O–H groups in total. The van der Waals surface area contributed by atoms with Crippen molar-refractivity contribution in [3.63, 3.8) is 0 Å². The van der Waals surface area contributed by atoms with E-state index in [2.05, 4.69) is 29.8 Å². The van der Waals surface area contributed by atoms with Gasteiger partial charge in [0.15, 0.2) is 0 Å². The monoisotopic (exact) mass is 207 g/mol. The molecule has 3 heteroatoms. The molecule has 0 fully saturated rings. The Bertz CT molecular complexity index is 261. The molecule has 15 heavy (non-hydrogen) atoms. The number of likely N-dealkylation sites (N-methyl/N-ethyl adjacent to an activating group) is 1. The summed E-state index contributed by atoms with van der Waals surface area (Å²) in [5.41, 5.74) is 7.05. The fourth-order valence-corrected chi connectivity index (χ4v) is 1.49. The van der Waals surface area contributed by atoms with E-state index in [1.54, 1.807) is 0 Å². The molecule has 0 bridgehead atoms. The molecular formula is C12H21N3. The van der Waals surface area contributed by atoms with E-state index in [9.17, 15) is 0 Å². The lowest BCUT2D eigenvalue weighted by Crippen LogP contribution is -2.36. The van der Waals surface area contributed by atoms with E-state index < -0.39 is 0 Å². The van der Waals surface area contributed by atoms with Gasteiger partial charge in [0.1, 0.15) is 0 Å². The second-order valence-electron chi connectivity index (χ2n) is 3.82. The van der Waals surface area contributed by atoms with Crippen LogP contribution in [0.15, 0.2) is 24.4 Å². The Morgan fingerprint density at radius 2 is 2.20 bits per heavy atom. The van der Waals surface area contributed by atoms with Gasteiger partial charge < -0.3 is 5.73 Å². The highest BCUT2D eigenvalue weighted by Gasteiger charge is 2.08. The zero-order valence-corrected chi connectivity index (χ0v) is 9.69. The van der Waals surface area contributed by atoms with E-state index in [0.717, 1.165) is 31.7 Å². The maximum atomic E-state index is 5.94. The van der Waals surface area contributed by atoms with Gasteiger partial charge in [-0.3, -0.25) is 9.88 Å². The van der Waals surface area contributed by atoms with Crippen molar-refractivity contribution in [2.24, 2.45) is 5.73 Å². The quantitative estimate of drug-likeness (QED) is 0.771. The molecule has 3 nitrogen and oxygen atoms in total. The van der Waals surface area contributed by atoms with Gasteiger partial charge in [-0.25, -0.2) is 0 Å². The molecule has 0 aliphatic heterocycles. The number of pyridine rings is 1. The van der Waals surface area contributed by atoms with E-state index >= 15 is 0 Å². The molecule has 1 unspecified atom stereocenters. The summed E-state index contributed by atoms with van der Waals surface area (Å²) < 4.78 is 0. The van der Waals surface area contributed by atoms with Crippen LogP contribution >= 0.6 is 0 Å². The van der Waals surface area contributed by atoms with Crippen LogP contribution < -0.4 is 5.73 Å². The van der Waals surface area contributed by atoms with Crippen LogP contribution in [0.5, 0.6) is 0 Å². The van der Waals surface area contributed by atoms with E-state index in [4.69, 9.17) is 5.73 Å². The number of nitrogens with two attached hydrogens (primary N) is 1. The Balaban J connectivity index is 2.47. The third-order valence-corrected chi connectivity index (χ3v) is 2.58. The highest BCUT2D eigenvalue weighted by molar-refractivity contribution is 5.03. The minimum absolute atomic E-state index is 0.272. The van der Waals surface area contributed by atoms with Crippen LogP contribution in [-0.2, 0) is 6.54 Å². The average Bonchev–Trinajstić information content (AvgIpc) is 2.29. The zero-order chi connectivity index (χ0) is 11.1. The van der Waals surface area contributed by atoms with Gasteiger partial charge in [-0.05, 0) is 25.1 Å². The van der Waals surface area contributed by atoms with Gasteiger partial charge in [0, 0.05) is 25.3 Å². The first kappa shape index (κ1) is 12.1. The molecular weight excluding hydrogens is 186 g/mol. The number of rotatable bonds is 6. The van der Waals surface area contributed by atoms with Crippen molar-refractivity contribution in [3.8, 4) is 0 Å². The molecule has 1 heterocycles. The van der Waals surface area contributed by atoms with E-state index in [1.807, 2.05) is 18.3 Å². The van der Waals surface area contributed by atoms with E-state index in [-0.39, 0.29) is 6.04 Å². The van der Waals surface area contributed by atoms with Crippen molar-refractivity contribution < 1.29 is 0 Å². The number of hydrogen-bond acceptors (Lipinski definition) is 3. The zero-order valence-electron chi connectivity index (χ0n) is 9.69. The Hall–Kier alpha value is -0.930. The first-order chi connectivity index (χ1) is 7.26. The van der Waals surface area contributed by atoms with Crippen molar-refractivity contribution in [3.05, 3.63) is 30.1 Å². The molecule has 0 aliphatic rings. The SMILES string of the molecule is CCC(N)CN(CC)Cc1ccccn1. The molecule has 0 amide bonds. The molecule has 0 spiro atoms. The Kier molecular flexibility index (Phi) is 5.29. The molecule has 84 valence electrons. The maximum Gasteiger partial charge on any atom is 0.0543 e. The van der Waals surface area contributed by atoms with E-state index in [1.165, 1.54) is 0 Å². The van der Waals surface area contributed by atoms with Gasteiger partial charge in [0.25, 0.3) is 0 Å². The number of hydrogen-bond donors (Lipinski definition) is 1. The normalized spacial score (nSPS) is 13.1. The fraction of sp³-hybridized carbons (Fsp3) is 0.583. The molecule has 1 aromatic heterocycles. The largest absolute Gasteiger partial charge is 0.327 e. The van der Waals surface area contributed by atoms with Crippen LogP contribution in [0.25, 0.3) is 0 Å². The summed E-state index contributed by atoms with van der Waals surface area (Å²) in [7, 11) is 0. The molecule has 1 aromatic rings. The van der Waals surface area contributed by atoms with Gasteiger partial charge in [-0.15, -0.1) is 0 Å². The summed E-state index contributed by atoms with van der Waals surface area (Å²) in [5.74, 6) is 0. The summed E-state index contributed by atoms with van der Waals surface area (Å²) in [4.78, 5) is 6.65. The van der Waals surface area contributed by atoms with Crippen LogP contribution in [0.1, 0.15) is 26.0 Å². The maximum absolute atomic E-state index is 5.94.